The Labute approximate surface area is 362 Å². The van der Waals surface area contributed by atoms with E-state index in [9.17, 15) is 10.1 Å². The van der Waals surface area contributed by atoms with Crippen molar-refractivity contribution in [2.24, 2.45) is 13.0 Å². The van der Waals surface area contributed by atoms with Crippen molar-refractivity contribution in [2.75, 3.05) is 6.61 Å². The Morgan fingerprint density at radius 2 is 1.67 bits per heavy atom. The smallest absolute Gasteiger partial charge is 0.338 e. The first-order valence-electron chi connectivity index (χ1n) is 21.6. The summed E-state index contributed by atoms with van der Waals surface area (Å²) < 4.78 is 77.7. The second-order valence-corrected chi connectivity index (χ2v) is 20.6. The Kier molecular flexibility index (Phi) is 8.59. The standard InChI is InChI=1S/C47H47F2N9O4S/c1-26-17-33(18-27(2)42(26)48)57-44(55-15-14-54(45(55)59)39-12-11-37-34(43(39)49)24-51-53(37)6)41-35(52-57)21-32-8-10-38(41)58(32)63(60,61)40-20-31-19-29(30-13-16-62-46(4,5)23-30)7-9-36(31)56(40)47(25-50)22-28(47)3/h7,9,11-12,14-15,17-20,24,28,30,32,38H,8,10,13,16,21-23H2,1-6H3/t28-,30?,32+,38-,47-/m0/s1. The predicted molar refractivity (Wildman–Crippen MR) is 232 cm³/mol. The number of nitriles is 1. The third kappa shape index (κ3) is 5.74. The zero-order valence-corrected chi connectivity index (χ0v) is 36.7. The fourth-order valence-electron chi connectivity index (χ4n) is 11.0. The molecular formula is C47H47F2N9O4S. The zero-order chi connectivity index (χ0) is 44.1. The van der Waals surface area contributed by atoms with Gasteiger partial charge in [-0.2, -0.15) is 19.8 Å². The van der Waals surface area contributed by atoms with Crippen LogP contribution in [0.15, 0.2) is 76.9 Å². The molecule has 324 valence electrons. The topological polar surface area (TPSA) is 138 Å². The molecule has 2 saturated heterocycles. The number of benzene rings is 3. The molecule has 13 nitrogen and oxygen atoms in total. The molecule has 1 unspecified atom stereocenters. The third-order valence-corrected chi connectivity index (χ3v) is 16.3. The normalized spacial score (nSPS) is 24.3. The quantitative estimate of drug-likeness (QED) is 0.159. The summed E-state index contributed by atoms with van der Waals surface area (Å²) >= 11 is 0. The highest BCUT2D eigenvalue weighted by molar-refractivity contribution is 7.89. The SMILES string of the molecule is Cc1cc(-n2nc3c(c2-n2ccn(-c4ccc5c(cnn5C)c4F)c2=O)[C@@H]2CC[C@H](C3)N2S(=O)(=O)c2cc3cc(C4CCOC(C)(C)C4)ccc3n2[C@]2(C#N)C[C@@H]2C)cc(C)c1F. The van der Waals surface area contributed by atoms with Crippen LogP contribution in [0.2, 0.25) is 0 Å². The lowest BCUT2D eigenvalue weighted by Gasteiger charge is -2.35. The van der Waals surface area contributed by atoms with E-state index < -0.39 is 39.2 Å². The predicted octanol–water partition coefficient (Wildman–Crippen LogP) is 7.93. The van der Waals surface area contributed by atoms with Gasteiger partial charge in [0.15, 0.2) is 10.8 Å². The van der Waals surface area contributed by atoms with Crippen LogP contribution in [-0.2, 0) is 33.8 Å². The van der Waals surface area contributed by atoms with Gasteiger partial charge in [-0.05, 0) is 131 Å². The minimum atomic E-state index is -4.32. The minimum absolute atomic E-state index is 0.0232. The second-order valence-electron chi connectivity index (χ2n) is 18.8. The van der Waals surface area contributed by atoms with E-state index in [-0.39, 0.29) is 45.8 Å². The molecule has 0 spiro atoms. The van der Waals surface area contributed by atoms with Gasteiger partial charge in [0, 0.05) is 49.5 Å². The van der Waals surface area contributed by atoms with Crippen LogP contribution >= 0.6 is 0 Å². The molecule has 0 N–H and O–H groups in total. The summed E-state index contributed by atoms with van der Waals surface area (Å²) in [6, 6.07) is 15.7. The van der Waals surface area contributed by atoms with Crippen molar-refractivity contribution in [2.45, 2.75) is 107 Å². The van der Waals surface area contributed by atoms with Crippen LogP contribution in [0.5, 0.6) is 0 Å². The van der Waals surface area contributed by atoms with Crippen molar-refractivity contribution in [1.29, 1.82) is 5.26 Å². The average Bonchev–Trinajstić information content (AvgIpc) is 3.83. The summed E-state index contributed by atoms with van der Waals surface area (Å²) in [5.41, 5.74) is 2.90. The number of imidazole rings is 1. The maximum atomic E-state index is 16.1. The highest BCUT2D eigenvalue weighted by Gasteiger charge is 2.58. The highest BCUT2D eigenvalue weighted by atomic mass is 32.2. The van der Waals surface area contributed by atoms with Crippen molar-refractivity contribution in [1.82, 2.24) is 37.6 Å². The third-order valence-electron chi connectivity index (χ3n) is 14.3. The molecule has 63 heavy (non-hydrogen) atoms. The van der Waals surface area contributed by atoms with Crippen molar-refractivity contribution < 1.29 is 21.9 Å². The lowest BCUT2D eigenvalue weighted by atomic mass is 9.83. The molecule has 3 fully saturated rings. The van der Waals surface area contributed by atoms with E-state index in [1.165, 1.54) is 33.8 Å². The minimum Gasteiger partial charge on any atom is -0.376 e. The fraction of sp³-hybridized carbons (Fsp3) is 0.404. The molecule has 2 bridgehead atoms. The largest absolute Gasteiger partial charge is 0.376 e. The Hall–Kier alpha value is -5.89. The molecule has 1 aliphatic carbocycles. The van der Waals surface area contributed by atoms with Gasteiger partial charge in [-0.25, -0.2) is 26.7 Å². The van der Waals surface area contributed by atoms with Gasteiger partial charge in [0.25, 0.3) is 10.0 Å². The molecular weight excluding hydrogens is 825 g/mol. The van der Waals surface area contributed by atoms with Crippen molar-refractivity contribution in [3.05, 3.63) is 117 Å². The molecule has 11 rings (SSSR count). The Bertz CT molecular complexity index is 3290. The van der Waals surface area contributed by atoms with E-state index in [0.29, 0.717) is 70.8 Å². The molecule has 4 aliphatic rings. The van der Waals surface area contributed by atoms with E-state index in [2.05, 4.69) is 37.1 Å². The zero-order valence-electron chi connectivity index (χ0n) is 35.9. The van der Waals surface area contributed by atoms with Gasteiger partial charge >= 0.3 is 5.69 Å². The van der Waals surface area contributed by atoms with Gasteiger partial charge in [0.2, 0.25) is 0 Å². The first-order valence-corrected chi connectivity index (χ1v) is 23.0. The Balaban J connectivity index is 1.08. The number of fused-ring (bicyclic) bond motifs is 6. The van der Waals surface area contributed by atoms with Crippen LogP contribution < -0.4 is 5.69 Å². The van der Waals surface area contributed by atoms with Crippen LogP contribution in [0, 0.1) is 42.7 Å². The van der Waals surface area contributed by atoms with Crippen LogP contribution in [0.4, 0.5) is 8.78 Å². The van der Waals surface area contributed by atoms with E-state index in [0.717, 1.165) is 23.8 Å². The summed E-state index contributed by atoms with van der Waals surface area (Å²) in [7, 11) is -2.61. The summed E-state index contributed by atoms with van der Waals surface area (Å²) in [6.45, 7) is 10.1. The molecule has 0 radical (unpaired) electrons. The number of aryl methyl sites for hydroxylation is 3. The summed E-state index contributed by atoms with van der Waals surface area (Å²) in [5, 5.41) is 21.1. The van der Waals surface area contributed by atoms with Gasteiger partial charge in [-0.1, -0.05) is 13.0 Å². The molecule has 3 aromatic carbocycles. The summed E-state index contributed by atoms with van der Waals surface area (Å²) in [5.74, 6) is -0.520. The van der Waals surface area contributed by atoms with Crippen molar-refractivity contribution >= 4 is 31.8 Å². The van der Waals surface area contributed by atoms with Crippen LogP contribution in [-0.4, -0.2) is 64.2 Å². The van der Waals surface area contributed by atoms with E-state index in [1.807, 2.05) is 13.0 Å². The molecule has 1 saturated carbocycles. The average molecular weight is 872 g/mol. The molecule has 5 atom stereocenters. The molecule has 3 aliphatic heterocycles. The van der Waals surface area contributed by atoms with E-state index >= 15 is 17.2 Å². The lowest BCUT2D eigenvalue weighted by Crippen LogP contribution is -2.43. The van der Waals surface area contributed by atoms with Gasteiger partial charge in [-0.3, -0.25) is 13.8 Å². The van der Waals surface area contributed by atoms with Crippen molar-refractivity contribution in [3.8, 4) is 23.3 Å². The number of sulfonamides is 1. The van der Waals surface area contributed by atoms with Crippen LogP contribution in [0.1, 0.15) is 92.8 Å². The molecule has 16 heteroatoms. The second kappa shape index (κ2) is 13.6. The molecule has 7 heterocycles. The van der Waals surface area contributed by atoms with Gasteiger partial charge < -0.3 is 9.30 Å². The Morgan fingerprint density at radius 3 is 2.38 bits per heavy atom. The van der Waals surface area contributed by atoms with Crippen LogP contribution in [0.25, 0.3) is 39.0 Å². The van der Waals surface area contributed by atoms with E-state index in [4.69, 9.17) is 9.84 Å². The number of aromatic nitrogens is 7. The van der Waals surface area contributed by atoms with Crippen LogP contribution in [0.3, 0.4) is 0 Å². The number of hydrogen-bond donors (Lipinski definition) is 0. The molecule has 4 aromatic heterocycles. The summed E-state index contributed by atoms with van der Waals surface area (Å²) in [4.78, 5) is 14.7. The number of halogens is 2. The van der Waals surface area contributed by atoms with Gasteiger partial charge in [0.1, 0.15) is 17.2 Å². The summed E-state index contributed by atoms with van der Waals surface area (Å²) in [6.07, 6.45) is 7.89. The number of hydrogen-bond acceptors (Lipinski definition) is 7. The Morgan fingerprint density at radius 1 is 0.937 bits per heavy atom. The van der Waals surface area contributed by atoms with E-state index in [1.54, 1.807) is 63.4 Å². The lowest BCUT2D eigenvalue weighted by molar-refractivity contribution is -0.0592. The first kappa shape index (κ1) is 39.9. The number of rotatable bonds is 7. The van der Waals surface area contributed by atoms with Gasteiger partial charge in [0.05, 0.1) is 57.4 Å². The number of nitrogens with zero attached hydrogens (tertiary/aromatic N) is 9. The van der Waals surface area contributed by atoms with Crippen molar-refractivity contribution in [3.63, 3.8) is 0 Å². The monoisotopic (exact) mass is 871 g/mol. The first-order chi connectivity index (χ1) is 30.0. The maximum absolute atomic E-state index is 16.1. The number of ether oxygens (including phenoxy) is 1. The molecule has 0 amide bonds. The highest BCUT2D eigenvalue weighted by Crippen LogP contribution is 2.55. The molecule has 7 aromatic rings. The maximum Gasteiger partial charge on any atom is 0.338 e. The fourth-order valence-corrected chi connectivity index (χ4v) is 13.1. The van der Waals surface area contributed by atoms with Gasteiger partial charge in [-0.15, -0.1) is 0 Å².